The van der Waals surface area contributed by atoms with E-state index in [0.717, 1.165) is 6.42 Å². The third-order valence-electron chi connectivity index (χ3n) is 3.18. The van der Waals surface area contributed by atoms with E-state index in [-0.39, 0.29) is 11.3 Å². The molecular weight excluding hydrogens is 335 g/mol. The predicted octanol–water partition coefficient (Wildman–Crippen LogP) is 4.39. The van der Waals surface area contributed by atoms with Gasteiger partial charge in [-0.1, -0.05) is 36.5 Å². The van der Waals surface area contributed by atoms with E-state index in [4.69, 9.17) is 34.3 Å². The lowest BCUT2D eigenvalue weighted by molar-refractivity contribution is 0.102. The van der Waals surface area contributed by atoms with Crippen molar-refractivity contribution in [1.82, 2.24) is 4.98 Å². The van der Waals surface area contributed by atoms with Crippen molar-refractivity contribution in [3.05, 3.63) is 51.6 Å². The van der Waals surface area contributed by atoms with Crippen LogP contribution in [0.5, 0.6) is 0 Å². The zero-order valence-electron chi connectivity index (χ0n) is 12.5. The van der Waals surface area contributed by atoms with Gasteiger partial charge < -0.3 is 16.5 Å². The normalized spacial score (nSPS) is 10.4. The molecule has 1 aromatic carbocycles. The molecule has 5 nitrogen and oxygen atoms in total. The van der Waals surface area contributed by atoms with Crippen molar-refractivity contribution >= 4 is 46.3 Å². The van der Waals surface area contributed by atoms with Gasteiger partial charge in [0.05, 0.1) is 16.3 Å². The highest BCUT2D eigenvalue weighted by atomic mass is 35.5. The summed E-state index contributed by atoms with van der Waals surface area (Å²) in [7, 11) is 0. The molecule has 1 amide bonds. The van der Waals surface area contributed by atoms with Crippen molar-refractivity contribution in [2.24, 2.45) is 0 Å². The molecule has 2 aromatic rings. The molecule has 1 aromatic heterocycles. The molecule has 0 aliphatic carbocycles. The second kappa shape index (κ2) is 7.44. The Hall–Kier alpha value is -2.11. The lowest BCUT2D eigenvalue weighted by atomic mass is 10.00. The molecule has 4 N–H and O–H groups in total. The number of halogens is 2. The van der Waals surface area contributed by atoms with Gasteiger partial charge in [0.25, 0.3) is 5.91 Å². The third-order valence-corrected chi connectivity index (χ3v) is 3.63. The van der Waals surface area contributed by atoms with Crippen LogP contribution in [0.4, 0.5) is 11.5 Å². The number of aromatic nitrogens is 1. The Balaban J connectivity index is 2.32. The Bertz CT molecular complexity index is 744. The van der Waals surface area contributed by atoms with Gasteiger partial charge in [0.2, 0.25) is 0 Å². The molecule has 0 fully saturated rings. The van der Waals surface area contributed by atoms with Crippen LogP contribution >= 0.6 is 23.2 Å². The number of carbonyl (C=O) groups excluding carboxylic acids is 1. The first-order valence-corrected chi connectivity index (χ1v) is 7.77. The lowest BCUT2D eigenvalue weighted by Crippen LogP contribution is -2.17. The van der Waals surface area contributed by atoms with Crippen LogP contribution in [0.25, 0.3) is 0 Å². The fourth-order valence-corrected chi connectivity index (χ4v) is 2.40. The van der Waals surface area contributed by atoms with Gasteiger partial charge in [0, 0.05) is 22.5 Å². The summed E-state index contributed by atoms with van der Waals surface area (Å²) in [6, 6.07) is 6.28. The van der Waals surface area contributed by atoms with Crippen LogP contribution < -0.4 is 11.1 Å². The number of rotatable bonds is 5. The predicted molar refractivity (Wildman–Crippen MR) is 94.8 cm³/mol. The second-order valence-electron chi connectivity index (χ2n) is 4.96. The Kier molecular flexibility index (Phi) is 5.58. The fraction of sp³-hybridized carbons (Fsp3) is 0.188. The van der Waals surface area contributed by atoms with Gasteiger partial charge in [-0.3, -0.25) is 4.79 Å². The number of amides is 1. The van der Waals surface area contributed by atoms with Crippen LogP contribution in [-0.4, -0.2) is 16.6 Å². The highest BCUT2D eigenvalue weighted by Gasteiger charge is 2.17. The molecule has 0 spiro atoms. The van der Waals surface area contributed by atoms with E-state index in [9.17, 15) is 4.79 Å². The maximum absolute atomic E-state index is 12.4. The molecule has 0 aliphatic rings. The third kappa shape index (κ3) is 4.21. The quantitative estimate of drug-likeness (QED) is 0.551. The number of hydrogen-bond donors (Lipinski definition) is 3. The number of pyridine rings is 1. The summed E-state index contributed by atoms with van der Waals surface area (Å²) in [6.07, 6.45) is 2.80. The number of hydrogen-bond acceptors (Lipinski definition) is 4. The Morgan fingerprint density at radius 2 is 1.96 bits per heavy atom. The molecule has 2 rings (SSSR count). The SMILES string of the molecule is CCCC(=N)c1cc(Cl)cc(C(=O)Nc2ccc(Cl)cn2)c1N. The first-order valence-electron chi connectivity index (χ1n) is 7.02. The molecule has 0 bridgehead atoms. The summed E-state index contributed by atoms with van der Waals surface area (Å²) in [5.74, 6) is -0.0886. The van der Waals surface area contributed by atoms with Crippen LogP contribution in [-0.2, 0) is 0 Å². The van der Waals surface area contributed by atoms with E-state index in [1.165, 1.54) is 12.3 Å². The largest absolute Gasteiger partial charge is 0.398 e. The number of anilines is 2. The van der Waals surface area contributed by atoms with Crippen molar-refractivity contribution in [2.45, 2.75) is 19.8 Å². The summed E-state index contributed by atoms with van der Waals surface area (Å²) in [5, 5.41) is 11.5. The summed E-state index contributed by atoms with van der Waals surface area (Å²) >= 11 is 11.8. The highest BCUT2D eigenvalue weighted by Crippen LogP contribution is 2.26. The van der Waals surface area contributed by atoms with E-state index in [2.05, 4.69) is 10.3 Å². The van der Waals surface area contributed by atoms with Gasteiger partial charge in [-0.2, -0.15) is 0 Å². The highest BCUT2D eigenvalue weighted by molar-refractivity contribution is 6.32. The number of carbonyl (C=O) groups is 1. The standard InChI is InChI=1S/C16H16Cl2N4O/c1-2-3-13(19)11-6-10(18)7-12(15(11)20)16(23)22-14-5-4-9(17)8-21-14/h4-8,19H,2-3,20H2,1H3,(H,21,22,23). The Labute approximate surface area is 144 Å². The van der Waals surface area contributed by atoms with Gasteiger partial charge in [0.1, 0.15) is 5.82 Å². The molecule has 0 aliphatic heterocycles. The minimum absolute atomic E-state index is 0.213. The van der Waals surface area contributed by atoms with Crippen molar-refractivity contribution < 1.29 is 4.79 Å². The van der Waals surface area contributed by atoms with Gasteiger partial charge in [-0.25, -0.2) is 4.98 Å². The summed E-state index contributed by atoms with van der Waals surface area (Å²) < 4.78 is 0. The van der Waals surface area contributed by atoms with Crippen molar-refractivity contribution in [3.63, 3.8) is 0 Å². The minimum Gasteiger partial charge on any atom is -0.398 e. The summed E-state index contributed by atoms with van der Waals surface area (Å²) in [5.41, 5.74) is 7.34. The molecule has 7 heteroatoms. The number of nitrogen functional groups attached to an aromatic ring is 1. The van der Waals surface area contributed by atoms with Gasteiger partial charge >= 0.3 is 0 Å². The fourth-order valence-electron chi connectivity index (χ4n) is 2.07. The van der Waals surface area contributed by atoms with E-state index < -0.39 is 5.91 Å². The van der Waals surface area contributed by atoms with Gasteiger partial charge in [-0.05, 0) is 30.7 Å². The molecule has 120 valence electrons. The molecule has 0 unspecified atom stereocenters. The topological polar surface area (TPSA) is 91.9 Å². The number of nitrogens with zero attached hydrogens (tertiary/aromatic N) is 1. The Morgan fingerprint density at radius 1 is 1.26 bits per heavy atom. The maximum Gasteiger partial charge on any atom is 0.258 e. The van der Waals surface area contributed by atoms with Crippen molar-refractivity contribution in [2.75, 3.05) is 11.1 Å². The summed E-state index contributed by atoms with van der Waals surface area (Å²) in [6.45, 7) is 1.97. The van der Waals surface area contributed by atoms with E-state index in [1.807, 2.05) is 6.92 Å². The van der Waals surface area contributed by atoms with Crippen LogP contribution in [0.2, 0.25) is 10.0 Å². The second-order valence-corrected chi connectivity index (χ2v) is 5.83. The zero-order chi connectivity index (χ0) is 17.0. The number of nitrogens with two attached hydrogens (primary N) is 1. The first kappa shape index (κ1) is 17.2. The maximum atomic E-state index is 12.4. The number of benzene rings is 1. The lowest BCUT2D eigenvalue weighted by Gasteiger charge is -2.13. The molecule has 0 saturated carbocycles. The molecule has 0 saturated heterocycles. The number of nitrogens with one attached hydrogen (secondary N) is 2. The van der Waals surface area contributed by atoms with Gasteiger partial charge in [-0.15, -0.1) is 0 Å². The minimum atomic E-state index is -0.439. The van der Waals surface area contributed by atoms with Gasteiger partial charge in [0.15, 0.2) is 0 Å². The Morgan fingerprint density at radius 3 is 2.57 bits per heavy atom. The van der Waals surface area contributed by atoms with Crippen LogP contribution in [0.15, 0.2) is 30.5 Å². The van der Waals surface area contributed by atoms with Crippen LogP contribution in [0.3, 0.4) is 0 Å². The monoisotopic (exact) mass is 350 g/mol. The smallest absolute Gasteiger partial charge is 0.258 e. The van der Waals surface area contributed by atoms with E-state index in [0.29, 0.717) is 33.6 Å². The molecule has 0 atom stereocenters. The summed E-state index contributed by atoms with van der Waals surface area (Å²) in [4.78, 5) is 16.4. The van der Waals surface area contributed by atoms with Crippen molar-refractivity contribution in [3.8, 4) is 0 Å². The van der Waals surface area contributed by atoms with Crippen LogP contribution in [0.1, 0.15) is 35.7 Å². The van der Waals surface area contributed by atoms with E-state index >= 15 is 0 Å². The van der Waals surface area contributed by atoms with Crippen molar-refractivity contribution in [1.29, 1.82) is 5.41 Å². The van der Waals surface area contributed by atoms with Crippen LogP contribution in [0, 0.1) is 5.41 Å². The molecular formula is C16H16Cl2N4O. The van der Waals surface area contributed by atoms with E-state index in [1.54, 1.807) is 18.2 Å². The first-order chi connectivity index (χ1) is 10.9. The average molecular weight is 351 g/mol. The zero-order valence-corrected chi connectivity index (χ0v) is 14.0. The molecule has 1 heterocycles. The molecule has 23 heavy (non-hydrogen) atoms. The molecule has 0 radical (unpaired) electrons. The average Bonchev–Trinajstić information content (AvgIpc) is 2.51.